The van der Waals surface area contributed by atoms with Gasteiger partial charge in [-0.3, -0.25) is 4.90 Å². The molecule has 0 aliphatic carbocycles. The fourth-order valence-corrected chi connectivity index (χ4v) is 2.81. The average molecular weight is 249 g/mol. The minimum Gasteiger partial charge on any atom is -0.299 e. The zero-order chi connectivity index (χ0) is 11.9. The van der Waals surface area contributed by atoms with Gasteiger partial charge in [-0.05, 0) is 55.7 Å². The van der Waals surface area contributed by atoms with Crippen LogP contribution in [0.25, 0.3) is 0 Å². The van der Waals surface area contributed by atoms with Crippen LogP contribution in [0.5, 0.6) is 0 Å². The van der Waals surface area contributed by atoms with Crippen molar-refractivity contribution < 1.29 is 0 Å². The number of fused-ring (bicyclic) bond motifs is 1. The summed E-state index contributed by atoms with van der Waals surface area (Å²) in [4.78, 5) is 2.62. The predicted octanol–water partition coefficient (Wildman–Crippen LogP) is 3.53. The topological polar surface area (TPSA) is 3.24 Å². The number of nitrogens with zero attached hydrogens (tertiary/aromatic N) is 1. The fraction of sp³-hybridized carbons (Fsp3) is 0.600. The van der Waals surface area contributed by atoms with Crippen LogP contribution >= 0.6 is 12.6 Å². The Hall–Kier alpha value is -0.470. The van der Waals surface area contributed by atoms with Crippen molar-refractivity contribution in [1.82, 2.24) is 4.90 Å². The normalized spacial score (nSPS) is 16.5. The monoisotopic (exact) mass is 249 g/mol. The van der Waals surface area contributed by atoms with Crippen LogP contribution in [0.1, 0.15) is 36.8 Å². The number of unbranched alkanes of at least 4 members (excludes halogenated alkanes) is 2. The van der Waals surface area contributed by atoms with Gasteiger partial charge in [-0.15, -0.1) is 0 Å². The molecule has 1 nitrogen and oxygen atoms in total. The fourth-order valence-electron chi connectivity index (χ4n) is 2.58. The molecule has 1 aliphatic rings. The molecule has 0 spiro atoms. The summed E-state index contributed by atoms with van der Waals surface area (Å²) in [6.45, 7) is 3.66. The minimum atomic E-state index is 1.03. The van der Waals surface area contributed by atoms with E-state index in [0.29, 0.717) is 0 Å². The third-order valence-electron chi connectivity index (χ3n) is 3.57. The van der Waals surface area contributed by atoms with E-state index < -0.39 is 0 Å². The first kappa shape index (κ1) is 13.0. The molecule has 0 aromatic heterocycles. The van der Waals surface area contributed by atoms with Crippen LogP contribution in [0.4, 0.5) is 0 Å². The molecular weight excluding hydrogens is 226 g/mol. The lowest BCUT2D eigenvalue weighted by Gasteiger charge is -2.20. The van der Waals surface area contributed by atoms with E-state index in [-0.39, 0.29) is 0 Å². The third kappa shape index (κ3) is 4.04. The number of hydrogen-bond acceptors (Lipinski definition) is 2. The van der Waals surface area contributed by atoms with Crippen molar-refractivity contribution in [2.45, 2.75) is 38.6 Å². The Bertz CT molecular complexity index is 337. The quantitative estimate of drug-likeness (QED) is 0.617. The Morgan fingerprint density at radius 3 is 2.71 bits per heavy atom. The second-order valence-electron chi connectivity index (χ2n) is 4.93. The van der Waals surface area contributed by atoms with Gasteiger partial charge in [0.25, 0.3) is 0 Å². The molecule has 0 atom stereocenters. The number of hydrogen-bond donors (Lipinski definition) is 1. The zero-order valence-electron chi connectivity index (χ0n) is 10.6. The summed E-state index contributed by atoms with van der Waals surface area (Å²) in [6.07, 6.45) is 6.46. The highest BCUT2D eigenvalue weighted by atomic mass is 32.1. The highest BCUT2D eigenvalue weighted by Crippen LogP contribution is 2.18. The summed E-state index contributed by atoms with van der Waals surface area (Å²) in [6, 6.07) is 8.92. The smallest absolute Gasteiger partial charge is 0.0236 e. The molecule has 1 heterocycles. The van der Waals surface area contributed by atoms with Crippen LogP contribution in [0, 0.1) is 0 Å². The van der Waals surface area contributed by atoms with Gasteiger partial charge in [-0.25, -0.2) is 0 Å². The highest BCUT2D eigenvalue weighted by Gasteiger charge is 2.12. The second kappa shape index (κ2) is 7.07. The van der Waals surface area contributed by atoms with E-state index in [1.54, 1.807) is 11.1 Å². The Labute approximate surface area is 111 Å². The van der Waals surface area contributed by atoms with Gasteiger partial charge in [0.15, 0.2) is 0 Å². The van der Waals surface area contributed by atoms with Crippen LogP contribution < -0.4 is 0 Å². The summed E-state index contributed by atoms with van der Waals surface area (Å²) in [7, 11) is 0. The molecule has 0 amide bonds. The van der Waals surface area contributed by atoms with Crippen LogP contribution in [-0.4, -0.2) is 23.7 Å². The van der Waals surface area contributed by atoms with Gasteiger partial charge in [0.1, 0.15) is 0 Å². The summed E-state index contributed by atoms with van der Waals surface area (Å²) in [5.74, 6) is 1.03. The maximum atomic E-state index is 4.26. The molecule has 94 valence electrons. The van der Waals surface area contributed by atoms with Crippen molar-refractivity contribution in [1.29, 1.82) is 0 Å². The maximum Gasteiger partial charge on any atom is 0.0236 e. The lowest BCUT2D eigenvalue weighted by atomic mass is 10.0. The van der Waals surface area contributed by atoms with Gasteiger partial charge in [0.2, 0.25) is 0 Å². The van der Waals surface area contributed by atoms with Gasteiger partial charge in [-0.1, -0.05) is 30.7 Å². The van der Waals surface area contributed by atoms with E-state index in [1.165, 1.54) is 45.2 Å². The van der Waals surface area contributed by atoms with Gasteiger partial charge in [0, 0.05) is 6.54 Å². The molecule has 1 aromatic carbocycles. The Kier molecular flexibility index (Phi) is 5.40. The molecule has 0 unspecified atom stereocenters. The zero-order valence-corrected chi connectivity index (χ0v) is 11.5. The number of rotatable bonds is 5. The standard InChI is InChI=1S/C15H23NS/c17-12-5-1-4-10-16-11-6-9-14-7-2-3-8-15(14)13-16/h2-3,7-8,17H,1,4-6,9-13H2. The molecule has 0 fully saturated rings. The molecule has 0 bridgehead atoms. The molecule has 1 aliphatic heterocycles. The summed E-state index contributed by atoms with van der Waals surface area (Å²) < 4.78 is 0. The number of benzene rings is 1. The van der Waals surface area contributed by atoms with E-state index in [2.05, 4.69) is 41.8 Å². The average Bonchev–Trinajstić information content (AvgIpc) is 2.56. The van der Waals surface area contributed by atoms with Gasteiger partial charge in [-0.2, -0.15) is 12.6 Å². The lowest BCUT2D eigenvalue weighted by molar-refractivity contribution is 0.263. The van der Waals surface area contributed by atoms with E-state index in [1.807, 2.05) is 0 Å². The lowest BCUT2D eigenvalue weighted by Crippen LogP contribution is -2.24. The number of aryl methyl sites for hydroxylation is 1. The van der Waals surface area contributed by atoms with E-state index in [9.17, 15) is 0 Å². The molecule has 0 N–H and O–H groups in total. The van der Waals surface area contributed by atoms with E-state index >= 15 is 0 Å². The van der Waals surface area contributed by atoms with Crippen LogP contribution in [0.2, 0.25) is 0 Å². The molecule has 0 saturated heterocycles. The Balaban J connectivity index is 1.85. The van der Waals surface area contributed by atoms with Crippen LogP contribution in [-0.2, 0) is 13.0 Å². The predicted molar refractivity (Wildman–Crippen MR) is 77.7 cm³/mol. The first-order valence-corrected chi connectivity index (χ1v) is 7.43. The van der Waals surface area contributed by atoms with Crippen LogP contribution in [0.3, 0.4) is 0 Å². The van der Waals surface area contributed by atoms with E-state index in [0.717, 1.165) is 12.3 Å². The number of thiol groups is 1. The Morgan fingerprint density at radius 2 is 1.88 bits per heavy atom. The molecule has 1 aromatic rings. The first-order chi connectivity index (χ1) is 8.40. The molecule has 2 rings (SSSR count). The van der Waals surface area contributed by atoms with Crippen molar-refractivity contribution in [2.24, 2.45) is 0 Å². The molecule has 0 radical (unpaired) electrons. The van der Waals surface area contributed by atoms with Gasteiger partial charge < -0.3 is 0 Å². The van der Waals surface area contributed by atoms with Crippen LogP contribution in [0.15, 0.2) is 24.3 Å². The SMILES string of the molecule is SCCCCCN1CCCc2ccccc2C1. The van der Waals surface area contributed by atoms with Gasteiger partial charge >= 0.3 is 0 Å². The van der Waals surface area contributed by atoms with Gasteiger partial charge in [0.05, 0.1) is 0 Å². The van der Waals surface area contributed by atoms with Crippen molar-refractivity contribution in [3.8, 4) is 0 Å². The maximum absolute atomic E-state index is 4.26. The minimum absolute atomic E-state index is 1.03. The van der Waals surface area contributed by atoms with Crippen molar-refractivity contribution in [3.05, 3.63) is 35.4 Å². The highest BCUT2D eigenvalue weighted by molar-refractivity contribution is 7.80. The molecule has 17 heavy (non-hydrogen) atoms. The summed E-state index contributed by atoms with van der Waals surface area (Å²) in [5.41, 5.74) is 3.10. The first-order valence-electron chi connectivity index (χ1n) is 6.80. The van der Waals surface area contributed by atoms with Crippen molar-refractivity contribution in [2.75, 3.05) is 18.8 Å². The van der Waals surface area contributed by atoms with E-state index in [4.69, 9.17) is 0 Å². The molecule has 2 heteroatoms. The largest absolute Gasteiger partial charge is 0.299 e. The summed E-state index contributed by atoms with van der Waals surface area (Å²) >= 11 is 4.26. The van der Waals surface area contributed by atoms with Crippen molar-refractivity contribution >= 4 is 12.6 Å². The Morgan fingerprint density at radius 1 is 1.06 bits per heavy atom. The molecular formula is C15H23NS. The second-order valence-corrected chi connectivity index (χ2v) is 5.38. The third-order valence-corrected chi connectivity index (χ3v) is 3.88. The van der Waals surface area contributed by atoms with Crippen molar-refractivity contribution in [3.63, 3.8) is 0 Å². The summed E-state index contributed by atoms with van der Waals surface area (Å²) in [5, 5.41) is 0. The molecule has 0 saturated carbocycles.